The molecule has 0 bridgehead atoms. The van der Waals surface area contributed by atoms with Gasteiger partial charge in [0.05, 0.1) is 5.02 Å². The summed E-state index contributed by atoms with van der Waals surface area (Å²) in [4.78, 5) is 0. The largest absolute Gasteiger partial charge is 0.506 e. The van der Waals surface area contributed by atoms with E-state index in [4.69, 9.17) is 11.6 Å². The Morgan fingerprint density at radius 1 is 1.50 bits per heavy atom. The predicted octanol–water partition coefficient (Wildman–Crippen LogP) is 3.03. The molecule has 2 N–H and O–H groups in total. The van der Waals surface area contributed by atoms with E-state index in [-0.39, 0.29) is 5.75 Å². The van der Waals surface area contributed by atoms with Crippen molar-refractivity contribution in [2.75, 3.05) is 11.5 Å². The number of halogens is 1. The molecule has 0 saturated carbocycles. The minimum absolute atomic E-state index is 0.152. The SMILES string of the molecule is Oc1ccc(CNC2CCCSC2)cc1Cl. The van der Waals surface area contributed by atoms with E-state index in [1.807, 2.05) is 23.9 Å². The molecule has 2 nitrogen and oxygen atoms in total. The molecule has 88 valence electrons. The fraction of sp³-hybridized carbons (Fsp3) is 0.500. The standard InChI is InChI=1S/C12H16ClNOS/c13-11-6-9(3-4-12(11)15)7-14-10-2-1-5-16-8-10/h3-4,6,10,14-15H,1-2,5,7-8H2. The summed E-state index contributed by atoms with van der Waals surface area (Å²) in [6, 6.07) is 5.99. The molecular formula is C12H16ClNOS. The molecule has 0 aromatic heterocycles. The lowest BCUT2D eigenvalue weighted by Crippen LogP contribution is -2.33. The second-order valence-electron chi connectivity index (χ2n) is 4.08. The molecule has 0 amide bonds. The Balaban J connectivity index is 1.86. The Kier molecular flexibility index (Phi) is 4.38. The summed E-state index contributed by atoms with van der Waals surface area (Å²) in [7, 11) is 0. The summed E-state index contributed by atoms with van der Waals surface area (Å²) in [5.74, 6) is 2.65. The number of phenolic OH excluding ortho intramolecular Hbond substituents is 1. The van der Waals surface area contributed by atoms with Gasteiger partial charge in [0, 0.05) is 18.3 Å². The maximum atomic E-state index is 9.30. The number of hydrogen-bond donors (Lipinski definition) is 2. The van der Waals surface area contributed by atoms with Crippen LogP contribution in [0.1, 0.15) is 18.4 Å². The average Bonchev–Trinajstić information content (AvgIpc) is 2.32. The molecule has 1 atom stereocenters. The zero-order valence-corrected chi connectivity index (χ0v) is 10.7. The van der Waals surface area contributed by atoms with Crippen LogP contribution >= 0.6 is 23.4 Å². The number of thioether (sulfide) groups is 1. The predicted molar refractivity (Wildman–Crippen MR) is 70.3 cm³/mol. The topological polar surface area (TPSA) is 32.3 Å². The molecule has 0 aliphatic carbocycles. The molecule has 0 spiro atoms. The number of rotatable bonds is 3. The molecule has 4 heteroatoms. The Morgan fingerprint density at radius 2 is 2.38 bits per heavy atom. The summed E-state index contributed by atoms with van der Waals surface area (Å²) in [6.07, 6.45) is 2.57. The van der Waals surface area contributed by atoms with Crippen LogP contribution in [0.25, 0.3) is 0 Å². The summed E-state index contributed by atoms with van der Waals surface area (Å²) in [5.41, 5.74) is 1.12. The fourth-order valence-corrected chi connectivity index (χ4v) is 3.13. The zero-order chi connectivity index (χ0) is 11.4. The van der Waals surface area contributed by atoms with E-state index in [0.29, 0.717) is 11.1 Å². The minimum atomic E-state index is 0.152. The molecule has 1 aliphatic rings. The van der Waals surface area contributed by atoms with E-state index in [0.717, 1.165) is 12.1 Å². The maximum Gasteiger partial charge on any atom is 0.134 e. The van der Waals surface area contributed by atoms with Gasteiger partial charge < -0.3 is 10.4 Å². The van der Waals surface area contributed by atoms with Crippen LogP contribution in [-0.4, -0.2) is 22.7 Å². The van der Waals surface area contributed by atoms with E-state index in [1.165, 1.54) is 24.3 Å². The van der Waals surface area contributed by atoms with Gasteiger partial charge in [-0.25, -0.2) is 0 Å². The normalized spacial score (nSPS) is 20.9. The summed E-state index contributed by atoms with van der Waals surface area (Å²) in [6.45, 7) is 0.825. The molecule has 1 saturated heterocycles. The third-order valence-electron chi connectivity index (χ3n) is 2.77. The van der Waals surface area contributed by atoms with E-state index >= 15 is 0 Å². The van der Waals surface area contributed by atoms with Crippen molar-refractivity contribution in [2.45, 2.75) is 25.4 Å². The Labute approximate surface area is 105 Å². The van der Waals surface area contributed by atoms with Gasteiger partial charge in [0.25, 0.3) is 0 Å². The Morgan fingerprint density at radius 3 is 3.06 bits per heavy atom. The molecule has 1 fully saturated rings. The highest BCUT2D eigenvalue weighted by atomic mass is 35.5. The van der Waals surface area contributed by atoms with Crippen LogP contribution in [-0.2, 0) is 6.54 Å². The van der Waals surface area contributed by atoms with Crippen molar-refractivity contribution < 1.29 is 5.11 Å². The van der Waals surface area contributed by atoms with Crippen LogP contribution in [0.2, 0.25) is 5.02 Å². The van der Waals surface area contributed by atoms with E-state index in [9.17, 15) is 5.11 Å². The van der Waals surface area contributed by atoms with Crippen molar-refractivity contribution in [3.05, 3.63) is 28.8 Å². The van der Waals surface area contributed by atoms with Gasteiger partial charge in [-0.05, 0) is 36.3 Å². The van der Waals surface area contributed by atoms with Crippen molar-refractivity contribution in [3.63, 3.8) is 0 Å². The smallest absolute Gasteiger partial charge is 0.134 e. The second kappa shape index (κ2) is 5.80. The van der Waals surface area contributed by atoms with E-state index in [1.54, 1.807) is 6.07 Å². The monoisotopic (exact) mass is 257 g/mol. The van der Waals surface area contributed by atoms with Gasteiger partial charge in [-0.2, -0.15) is 11.8 Å². The van der Waals surface area contributed by atoms with Gasteiger partial charge in [0.1, 0.15) is 5.75 Å². The first-order valence-electron chi connectivity index (χ1n) is 5.54. The van der Waals surface area contributed by atoms with Gasteiger partial charge in [-0.1, -0.05) is 17.7 Å². The molecule has 2 rings (SSSR count). The first-order valence-corrected chi connectivity index (χ1v) is 7.07. The first-order chi connectivity index (χ1) is 7.75. The van der Waals surface area contributed by atoms with Crippen molar-refractivity contribution in [2.24, 2.45) is 0 Å². The zero-order valence-electron chi connectivity index (χ0n) is 9.08. The first kappa shape index (κ1) is 12.1. The van der Waals surface area contributed by atoms with Crippen LogP contribution in [0.5, 0.6) is 5.75 Å². The Hall–Kier alpha value is -0.380. The summed E-state index contributed by atoms with van der Waals surface area (Å²) < 4.78 is 0. The van der Waals surface area contributed by atoms with Crippen LogP contribution < -0.4 is 5.32 Å². The summed E-state index contributed by atoms with van der Waals surface area (Å²) >= 11 is 7.87. The highest BCUT2D eigenvalue weighted by molar-refractivity contribution is 7.99. The van der Waals surface area contributed by atoms with Crippen molar-refractivity contribution in [1.82, 2.24) is 5.32 Å². The van der Waals surface area contributed by atoms with Gasteiger partial charge in [0.15, 0.2) is 0 Å². The molecule has 0 radical (unpaired) electrons. The average molecular weight is 258 g/mol. The quantitative estimate of drug-likeness (QED) is 0.873. The third kappa shape index (κ3) is 3.30. The highest BCUT2D eigenvalue weighted by Crippen LogP contribution is 2.24. The van der Waals surface area contributed by atoms with Crippen molar-refractivity contribution in [3.8, 4) is 5.75 Å². The van der Waals surface area contributed by atoms with Gasteiger partial charge in [-0.15, -0.1) is 0 Å². The lowest BCUT2D eigenvalue weighted by molar-refractivity contribution is 0.474. The number of aromatic hydroxyl groups is 1. The van der Waals surface area contributed by atoms with E-state index in [2.05, 4.69) is 5.32 Å². The molecule has 1 aromatic rings. The highest BCUT2D eigenvalue weighted by Gasteiger charge is 2.12. The van der Waals surface area contributed by atoms with Gasteiger partial charge in [0.2, 0.25) is 0 Å². The third-order valence-corrected chi connectivity index (χ3v) is 4.29. The molecular weight excluding hydrogens is 242 g/mol. The lowest BCUT2D eigenvalue weighted by atomic mass is 10.1. The lowest BCUT2D eigenvalue weighted by Gasteiger charge is -2.22. The van der Waals surface area contributed by atoms with Gasteiger partial charge in [-0.3, -0.25) is 0 Å². The maximum absolute atomic E-state index is 9.30. The number of benzene rings is 1. The number of nitrogens with one attached hydrogen (secondary N) is 1. The van der Waals surface area contributed by atoms with Crippen LogP contribution in [0.3, 0.4) is 0 Å². The van der Waals surface area contributed by atoms with E-state index < -0.39 is 0 Å². The van der Waals surface area contributed by atoms with Gasteiger partial charge >= 0.3 is 0 Å². The fourth-order valence-electron chi connectivity index (χ4n) is 1.82. The van der Waals surface area contributed by atoms with Crippen LogP contribution in [0.4, 0.5) is 0 Å². The Bertz CT molecular complexity index is 353. The molecule has 1 unspecified atom stereocenters. The molecule has 1 aromatic carbocycles. The van der Waals surface area contributed by atoms with Crippen molar-refractivity contribution >= 4 is 23.4 Å². The number of phenols is 1. The second-order valence-corrected chi connectivity index (χ2v) is 5.64. The molecule has 1 heterocycles. The van der Waals surface area contributed by atoms with Crippen LogP contribution in [0, 0.1) is 0 Å². The molecule has 16 heavy (non-hydrogen) atoms. The minimum Gasteiger partial charge on any atom is -0.506 e. The summed E-state index contributed by atoms with van der Waals surface area (Å²) in [5, 5.41) is 13.3. The number of hydrogen-bond acceptors (Lipinski definition) is 3. The van der Waals surface area contributed by atoms with Crippen LogP contribution in [0.15, 0.2) is 18.2 Å². The van der Waals surface area contributed by atoms with Crippen molar-refractivity contribution in [1.29, 1.82) is 0 Å². The molecule has 1 aliphatic heterocycles.